The van der Waals surface area contributed by atoms with Crippen molar-refractivity contribution in [3.8, 4) is 0 Å². The third-order valence-corrected chi connectivity index (χ3v) is 4.43. The van der Waals surface area contributed by atoms with Gasteiger partial charge in [-0.1, -0.05) is 57.6 Å². The summed E-state index contributed by atoms with van der Waals surface area (Å²) >= 11 is 0. The van der Waals surface area contributed by atoms with Crippen LogP contribution in [0.4, 0.5) is 0 Å². The van der Waals surface area contributed by atoms with Crippen LogP contribution < -0.4 is 5.32 Å². The molecule has 0 saturated carbocycles. The second-order valence-electron chi connectivity index (χ2n) is 6.70. The first kappa shape index (κ1) is 20.7. The summed E-state index contributed by atoms with van der Waals surface area (Å²) in [4.78, 5) is 22.7. The Morgan fingerprint density at radius 1 is 1.04 bits per heavy atom. The van der Waals surface area contributed by atoms with Gasteiger partial charge < -0.3 is 10.1 Å². The van der Waals surface area contributed by atoms with Crippen molar-refractivity contribution in [3.05, 3.63) is 12.2 Å². The monoisotopic (exact) mass is 337 g/mol. The highest BCUT2D eigenvalue weighted by molar-refractivity contribution is 5.87. The Morgan fingerprint density at radius 2 is 1.67 bits per heavy atom. The minimum absolute atomic E-state index is 0.0484. The van der Waals surface area contributed by atoms with Crippen LogP contribution in [0.5, 0.6) is 0 Å². The lowest BCUT2D eigenvalue weighted by molar-refractivity contribution is -0.146. The van der Waals surface area contributed by atoms with Gasteiger partial charge in [-0.2, -0.15) is 0 Å². The van der Waals surface area contributed by atoms with E-state index in [1.165, 1.54) is 57.8 Å². The molecule has 1 rings (SSSR count). The van der Waals surface area contributed by atoms with Crippen LogP contribution in [0.25, 0.3) is 0 Å². The number of carbonyl (C=O) groups is 2. The molecule has 1 amide bonds. The molecule has 1 N–H and O–H groups in total. The first-order valence-corrected chi connectivity index (χ1v) is 9.85. The summed E-state index contributed by atoms with van der Waals surface area (Å²) in [6, 6.07) is -0.410. The zero-order valence-electron chi connectivity index (χ0n) is 15.4. The highest BCUT2D eigenvalue weighted by atomic mass is 16.5. The van der Waals surface area contributed by atoms with Crippen LogP contribution in [0.15, 0.2) is 12.2 Å². The van der Waals surface area contributed by atoms with Crippen molar-refractivity contribution < 1.29 is 14.3 Å². The van der Waals surface area contributed by atoms with Crippen LogP contribution in [-0.2, 0) is 14.3 Å². The first-order valence-electron chi connectivity index (χ1n) is 9.85. The molecular formula is C20H35NO3. The molecule has 0 aromatic rings. The average Bonchev–Trinajstić information content (AvgIpc) is 3.01. The number of unbranched alkanes of at least 4 members (excludes halogenated alkanes) is 9. The highest BCUT2D eigenvalue weighted by Gasteiger charge is 2.28. The molecule has 138 valence electrons. The van der Waals surface area contributed by atoms with E-state index in [9.17, 15) is 9.59 Å². The van der Waals surface area contributed by atoms with E-state index in [0.717, 1.165) is 12.8 Å². The van der Waals surface area contributed by atoms with E-state index in [0.29, 0.717) is 19.4 Å². The molecule has 0 aromatic heterocycles. The van der Waals surface area contributed by atoms with Gasteiger partial charge in [0.2, 0.25) is 5.91 Å². The van der Waals surface area contributed by atoms with Gasteiger partial charge in [0.1, 0.15) is 6.04 Å². The van der Waals surface area contributed by atoms with Crippen molar-refractivity contribution in [1.82, 2.24) is 5.32 Å². The Labute approximate surface area is 147 Å². The Balaban J connectivity index is 1.80. The van der Waals surface area contributed by atoms with Crippen LogP contribution in [0, 0.1) is 0 Å². The third kappa shape index (κ3) is 10.5. The average molecular weight is 338 g/mol. The summed E-state index contributed by atoms with van der Waals surface area (Å²) in [6.45, 7) is 2.72. The summed E-state index contributed by atoms with van der Waals surface area (Å²) in [5.74, 6) is -0.320. The number of amides is 1. The maximum absolute atomic E-state index is 11.7. The first-order chi connectivity index (χ1) is 11.7. The maximum atomic E-state index is 11.7. The normalized spacial score (nSPS) is 17.4. The molecule has 4 heteroatoms. The number of allylic oxidation sites excluding steroid dienone is 2. The molecule has 0 bridgehead atoms. The Hall–Kier alpha value is -1.32. The van der Waals surface area contributed by atoms with E-state index in [1.54, 1.807) is 0 Å². The van der Waals surface area contributed by atoms with E-state index < -0.39 is 6.04 Å². The molecule has 24 heavy (non-hydrogen) atoms. The van der Waals surface area contributed by atoms with Crippen LogP contribution in [0.2, 0.25) is 0 Å². The van der Waals surface area contributed by atoms with Crippen molar-refractivity contribution in [3.63, 3.8) is 0 Å². The molecular weight excluding hydrogens is 302 g/mol. The second-order valence-corrected chi connectivity index (χ2v) is 6.70. The number of carbonyl (C=O) groups excluding carboxylic acids is 2. The van der Waals surface area contributed by atoms with E-state index in [1.807, 2.05) is 0 Å². The molecule has 0 aromatic carbocycles. The topological polar surface area (TPSA) is 55.4 Å². The number of rotatable bonds is 14. The maximum Gasteiger partial charge on any atom is 0.328 e. The molecule has 0 spiro atoms. The lowest BCUT2D eigenvalue weighted by Crippen LogP contribution is -2.34. The molecule has 1 heterocycles. The van der Waals surface area contributed by atoms with Crippen LogP contribution in [0.3, 0.4) is 0 Å². The quantitative estimate of drug-likeness (QED) is 0.284. The highest BCUT2D eigenvalue weighted by Crippen LogP contribution is 2.10. The minimum atomic E-state index is -0.410. The summed E-state index contributed by atoms with van der Waals surface area (Å²) in [5, 5.41) is 2.63. The second kappa shape index (κ2) is 14.1. The van der Waals surface area contributed by atoms with E-state index >= 15 is 0 Å². The molecule has 0 aliphatic carbocycles. The number of hydrogen-bond donors (Lipinski definition) is 1. The minimum Gasteiger partial charge on any atom is -0.464 e. The van der Waals surface area contributed by atoms with Gasteiger partial charge in [-0.3, -0.25) is 4.79 Å². The van der Waals surface area contributed by atoms with Crippen molar-refractivity contribution in [2.24, 2.45) is 0 Å². The summed E-state index contributed by atoms with van der Waals surface area (Å²) in [6.07, 6.45) is 19.1. The van der Waals surface area contributed by atoms with E-state index in [-0.39, 0.29) is 11.9 Å². The van der Waals surface area contributed by atoms with Gasteiger partial charge in [-0.25, -0.2) is 4.79 Å². The predicted octanol–water partition coefficient (Wildman–Crippen LogP) is 4.68. The van der Waals surface area contributed by atoms with Crippen LogP contribution in [-0.4, -0.2) is 24.5 Å². The van der Waals surface area contributed by atoms with Gasteiger partial charge in [0.15, 0.2) is 0 Å². The van der Waals surface area contributed by atoms with Gasteiger partial charge in [0.05, 0.1) is 6.61 Å². The largest absolute Gasteiger partial charge is 0.464 e. The van der Waals surface area contributed by atoms with Gasteiger partial charge in [0.25, 0.3) is 0 Å². The molecule has 1 saturated heterocycles. The molecule has 1 aliphatic rings. The Morgan fingerprint density at radius 3 is 2.29 bits per heavy atom. The van der Waals surface area contributed by atoms with Gasteiger partial charge in [-0.15, -0.1) is 0 Å². The number of esters is 1. The van der Waals surface area contributed by atoms with Gasteiger partial charge >= 0.3 is 5.97 Å². The fourth-order valence-corrected chi connectivity index (χ4v) is 2.88. The lowest BCUT2D eigenvalue weighted by Gasteiger charge is -2.09. The third-order valence-electron chi connectivity index (χ3n) is 4.43. The molecule has 0 radical (unpaired) electrons. The standard InChI is InChI=1S/C20H35NO3/c1-2-3-4-5-6-7-8-9-10-11-12-13-14-17-24-20(23)18-15-16-19(22)21-18/h6-7,18H,2-5,8-17H2,1H3,(H,21,22)/b7-6+/t18-/m0/s1. The molecule has 1 atom stereocenters. The summed E-state index contributed by atoms with van der Waals surface area (Å²) < 4.78 is 5.21. The molecule has 1 aliphatic heterocycles. The zero-order chi connectivity index (χ0) is 17.5. The predicted molar refractivity (Wildman–Crippen MR) is 97.7 cm³/mol. The number of ether oxygens (including phenoxy) is 1. The van der Waals surface area contributed by atoms with Crippen molar-refractivity contribution >= 4 is 11.9 Å². The zero-order valence-corrected chi connectivity index (χ0v) is 15.4. The number of nitrogens with one attached hydrogen (secondary N) is 1. The van der Waals surface area contributed by atoms with E-state index in [2.05, 4.69) is 24.4 Å². The fourth-order valence-electron chi connectivity index (χ4n) is 2.88. The van der Waals surface area contributed by atoms with Gasteiger partial charge in [-0.05, 0) is 38.5 Å². The molecule has 4 nitrogen and oxygen atoms in total. The smallest absolute Gasteiger partial charge is 0.328 e. The summed E-state index contributed by atoms with van der Waals surface area (Å²) in [5.41, 5.74) is 0. The lowest BCUT2D eigenvalue weighted by atomic mass is 10.1. The van der Waals surface area contributed by atoms with Crippen molar-refractivity contribution in [2.75, 3.05) is 6.61 Å². The fraction of sp³-hybridized carbons (Fsp3) is 0.800. The molecule has 0 unspecified atom stereocenters. The Bertz CT molecular complexity index is 379. The van der Waals surface area contributed by atoms with Gasteiger partial charge in [0, 0.05) is 6.42 Å². The van der Waals surface area contributed by atoms with E-state index in [4.69, 9.17) is 4.74 Å². The Kier molecular flexibility index (Phi) is 12.1. The number of hydrogen-bond acceptors (Lipinski definition) is 3. The van der Waals surface area contributed by atoms with Crippen LogP contribution in [0.1, 0.15) is 90.4 Å². The molecule has 1 fully saturated rings. The summed E-state index contributed by atoms with van der Waals surface area (Å²) in [7, 11) is 0. The van der Waals surface area contributed by atoms with Crippen molar-refractivity contribution in [2.45, 2.75) is 96.4 Å². The van der Waals surface area contributed by atoms with Crippen molar-refractivity contribution in [1.29, 1.82) is 0 Å². The SMILES string of the molecule is CCCCC/C=C/CCCCCCCCOC(=O)[C@@H]1CCC(=O)N1. The van der Waals surface area contributed by atoms with Crippen LogP contribution >= 0.6 is 0 Å².